The van der Waals surface area contributed by atoms with Gasteiger partial charge in [0.2, 0.25) is 0 Å². The average molecular weight is 357 g/mol. The molecular weight excluding hydrogens is 336 g/mol. The maximum Gasteiger partial charge on any atom is 0.255 e. The highest BCUT2D eigenvalue weighted by molar-refractivity contribution is 6.30. The summed E-state index contributed by atoms with van der Waals surface area (Å²) in [6, 6.07) is 6.98. The van der Waals surface area contributed by atoms with Crippen LogP contribution in [0.1, 0.15) is 55.0 Å². The minimum atomic E-state index is -0.121. The number of hydrogen-bond donors (Lipinski definition) is 1. The molecule has 4 nitrogen and oxygen atoms in total. The zero-order valence-electron chi connectivity index (χ0n) is 14.6. The molecule has 0 spiro atoms. The number of nitrogens with one attached hydrogen (secondary N) is 1. The van der Waals surface area contributed by atoms with Crippen LogP contribution in [-0.2, 0) is 6.42 Å². The lowest BCUT2D eigenvalue weighted by Crippen LogP contribution is -2.19. The predicted molar refractivity (Wildman–Crippen MR) is 98.6 cm³/mol. The predicted octanol–water partition coefficient (Wildman–Crippen LogP) is 5.08. The van der Waals surface area contributed by atoms with Gasteiger partial charge in [-0.15, -0.1) is 0 Å². The number of nitriles is 1. The highest BCUT2D eigenvalue weighted by atomic mass is 35.5. The molecule has 1 aromatic carbocycles. The highest BCUT2D eigenvalue weighted by Gasteiger charge is 2.27. The van der Waals surface area contributed by atoms with Crippen LogP contribution in [0.15, 0.2) is 23.0 Å². The molecular formula is C20H21ClN2O2. The van der Waals surface area contributed by atoms with Gasteiger partial charge in [0.25, 0.3) is 5.56 Å². The summed E-state index contributed by atoms with van der Waals surface area (Å²) < 4.78 is 6.16. The Bertz CT molecular complexity index is 905. The van der Waals surface area contributed by atoms with E-state index in [0.29, 0.717) is 33.6 Å². The summed E-state index contributed by atoms with van der Waals surface area (Å²) in [5, 5.41) is 9.58. The van der Waals surface area contributed by atoms with E-state index in [1.54, 1.807) is 18.2 Å². The van der Waals surface area contributed by atoms with E-state index >= 15 is 0 Å². The van der Waals surface area contributed by atoms with Gasteiger partial charge in [-0.3, -0.25) is 4.79 Å². The summed E-state index contributed by atoms with van der Waals surface area (Å²) in [6.07, 6.45) is 3.32. The van der Waals surface area contributed by atoms with Gasteiger partial charge in [0.1, 0.15) is 11.5 Å². The first-order valence-electron chi connectivity index (χ1n) is 8.53. The lowest BCUT2D eigenvalue weighted by molar-refractivity contribution is 0.461. The number of H-pyrrole nitrogens is 1. The largest absolute Gasteiger partial charge is 0.456 e. The molecule has 1 fully saturated rings. The van der Waals surface area contributed by atoms with Crippen molar-refractivity contribution in [2.75, 3.05) is 0 Å². The average Bonchev–Trinajstić information content (AvgIpc) is 3.34. The molecule has 0 radical (unpaired) electrons. The van der Waals surface area contributed by atoms with Crippen LogP contribution >= 0.6 is 11.6 Å². The normalized spacial score (nSPS) is 13.8. The van der Waals surface area contributed by atoms with Crippen molar-refractivity contribution in [3.63, 3.8) is 0 Å². The monoisotopic (exact) mass is 356 g/mol. The Labute approximate surface area is 152 Å². The second kappa shape index (κ2) is 6.93. The fourth-order valence-corrected chi connectivity index (χ4v) is 3.28. The number of nitrogens with zero attached hydrogens (tertiary/aromatic N) is 1. The van der Waals surface area contributed by atoms with Crippen LogP contribution in [0.4, 0.5) is 0 Å². The minimum absolute atomic E-state index is 0.0203. The SMILES string of the molecule is Cc1[nH]c(=O)c(C(C)C)c(Oc2cc(Cl)cc(C#N)c2)c1CC1CC1. The molecule has 0 unspecified atom stereocenters. The van der Waals surface area contributed by atoms with Gasteiger partial charge in [0.05, 0.1) is 17.2 Å². The van der Waals surface area contributed by atoms with Crippen LogP contribution in [0.5, 0.6) is 11.5 Å². The van der Waals surface area contributed by atoms with E-state index in [2.05, 4.69) is 11.1 Å². The molecule has 1 aliphatic rings. The lowest BCUT2D eigenvalue weighted by atomic mass is 9.97. The second-order valence-corrected chi connectivity index (χ2v) is 7.43. The van der Waals surface area contributed by atoms with Crippen molar-refractivity contribution in [3.8, 4) is 17.6 Å². The molecule has 25 heavy (non-hydrogen) atoms. The molecule has 0 amide bonds. The number of ether oxygens (including phenoxy) is 1. The van der Waals surface area contributed by atoms with Crippen LogP contribution in [0.2, 0.25) is 5.02 Å². The molecule has 1 aliphatic carbocycles. The van der Waals surface area contributed by atoms with Crippen molar-refractivity contribution >= 4 is 11.6 Å². The van der Waals surface area contributed by atoms with E-state index in [1.807, 2.05) is 20.8 Å². The van der Waals surface area contributed by atoms with Crippen LogP contribution in [0.3, 0.4) is 0 Å². The van der Waals surface area contributed by atoms with Crippen LogP contribution in [0.25, 0.3) is 0 Å². The summed E-state index contributed by atoms with van der Waals surface area (Å²) in [6.45, 7) is 5.87. The Morgan fingerprint density at radius 1 is 1.36 bits per heavy atom. The maximum atomic E-state index is 12.5. The molecule has 0 bridgehead atoms. The first kappa shape index (κ1) is 17.6. The second-order valence-electron chi connectivity index (χ2n) is 6.99. The van der Waals surface area contributed by atoms with Gasteiger partial charge in [0.15, 0.2) is 0 Å². The third-order valence-corrected chi connectivity index (χ3v) is 4.72. The topological polar surface area (TPSA) is 65.9 Å². The van der Waals surface area contributed by atoms with Gasteiger partial charge in [0, 0.05) is 16.3 Å². The van der Waals surface area contributed by atoms with E-state index in [0.717, 1.165) is 17.7 Å². The molecule has 5 heteroatoms. The molecule has 0 aliphatic heterocycles. The van der Waals surface area contributed by atoms with Crippen molar-refractivity contribution in [1.29, 1.82) is 5.26 Å². The highest BCUT2D eigenvalue weighted by Crippen LogP contribution is 2.40. The Morgan fingerprint density at radius 2 is 2.08 bits per heavy atom. The zero-order chi connectivity index (χ0) is 18.1. The summed E-state index contributed by atoms with van der Waals surface area (Å²) in [5.41, 5.74) is 2.84. The van der Waals surface area contributed by atoms with E-state index < -0.39 is 0 Å². The van der Waals surface area contributed by atoms with Gasteiger partial charge in [-0.1, -0.05) is 25.4 Å². The number of aromatic amines is 1. The number of pyridine rings is 1. The fourth-order valence-electron chi connectivity index (χ4n) is 3.05. The van der Waals surface area contributed by atoms with Crippen LogP contribution in [-0.4, -0.2) is 4.98 Å². The molecule has 1 N–H and O–H groups in total. The van der Waals surface area contributed by atoms with Gasteiger partial charge in [-0.25, -0.2) is 0 Å². The van der Waals surface area contributed by atoms with Gasteiger partial charge in [-0.05, 0) is 56.2 Å². The third kappa shape index (κ3) is 3.88. The Balaban J connectivity index is 2.13. The zero-order valence-corrected chi connectivity index (χ0v) is 15.4. The van der Waals surface area contributed by atoms with E-state index in [-0.39, 0.29) is 11.5 Å². The first-order chi connectivity index (χ1) is 11.9. The number of rotatable bonds is 5. The number of benzene rings is 1. The number of hydrogen-bond acceptors (Lipinski definition) is 3. The standard InChI is InChI=1S/C20H21ClN2O2/c1-11(2)18-19(25-16-7-14(10-22)6-15(21)9-16)17(8-13-4-5-13)12(3)23-20(18)24/h6-7,9,11,13H,4-5,8H2,1-3H3,(H,23,24). The number of halogens is 1. The molecule has 0 saturated heterocycles. The van der Waals surface area contributed by atoms with Gasteiger partial charge < -0.3 is 9.72 Å². The molecule has 3 rings (SSSR count). The maximum absolute atomic E-state index is 12.5. The molecule has 2 aromatic rings. The van der Waals surface area contributed by atoms with Crippen molar-refractivity contribution in [2.45, 2.75) is 46.0 Å². The molecule has 130 valence electrons. The van der Waals surface area contributed by atoms with Gasteiger partial charge >= 0.3 is 0 Å². The number of aryl methyl sites for hydroxylation is 1. The molecule has 1 saturated carbocycles. The molecule has 0 atom stereocenters. The summed E-state index contributed by atoms with van der Waals surface area (Å²) in [5.74, 6) is 1.77. The lowest BCUT2D eigenvalue weighted by Gasteiger charge is -2.19. The smallest absolute Gasteiger partial charge is 0.255 e. The van der Waals surface area contributed by atoms with Crippen LogP contribution < -0.4 is 10.3 Å². The van der Waals surface area contributed by atoms with Crippen molar-refractivity contribution in [1.82, 2.24) is 4.98 Å². The Kier molecular flexibility index (Phi) is 4.87. The summed E-state index contributed by atoms with van der Waals surface area (Å²) in [4.78, 5) is 15.5. The van der Waals surface area contributed by atoms with E-state index in [9.17, 15) is 4.79 Å². The summed E-state index contributed by atoms with van der Waals surface area (Å²) >= 11 is 6.09. The van der Waals surface area contributed by atoms with Crippen molar-refractivity contribution < 1.29 is 4.74 Å². The first-order valence-corrected chi connectivity index (χ1v) is 8.91. The Morgan fingerprint density at radius 3 is 2.68 bits per heavy atom. The van der Waals surface area contributed by atoms with Crippen molar-refractivity contribution in [2.24, 2.45) is 5.92 Å². The number of aromatic nitrogens is 1. The Hall–Kier alpha value is -2.25. The van der Waals surface area contributed by atoms with E-state index in [1.165, 1.54) is 12.8 Å². The van der Waals surface area contributed by atoms with Crippen molar-refractivity contribution in [3.05, 3.63) is 56.0 Å². The summed E-state index contributed by atoms with van der Waals surface area (Å²) in [7, 11) is 0. The molecule has 1 heterocycles. The van der Waals surface area contributed by atoms with Gasteiger partial charge in [-0.2, -0.15) is 5.26 Å². The van der Waals surface area contributed by atoms with E-state index in [4.69, 9.17) is 21.6 Å². The fraction of sp³-hybridized carbons (Fsp3) is 0.400. The van der Waals surface area contributed by atoms with Crippen LogP contribution in [0, 0.1) is 24.2 Å². The quantitative estimate of drug-likeness (QED) is 0.812. The third-order valence-electron chi connectivity index (χ3n) is 4.50. The molecule has 1 aromatic heterocycles. The minimum Gasteiger partial charge on any atom is -0.456 e.